The van der Waals surface area contributed by atoms with Crippen LogP contribution in [-0.2, 0) is 4.79 Å². The average Bonchev–Trinajstić information content (AvgIpc) is 1.80. The molecule has 54 valence electrons. The Bertz CT molecular complexity index is 85.1. The molecular weight excluding hydrogens is 134 g/mol. The van der Waals surface area contributed by atoms with E-state index in [2.05, 4.69) is 11.6 Å². The summed E-state index contributed by atoms with van der Waals surface area (Å²) in [6.07, 6.45) is 2.36. The van der Waals surface area contributed by atoms with Crippen molar-refractivity contribution in [2.24, 2.45) is 0 Å². The van der Waals surface area contributed by atoms with Gasteiger partial charge in [0.15, 0.2) is 0 Å². The molecule has 9 heavy (non-hydrogen) atoms. The number of rotatable bonds is 4. The van der Waals surface area contributed by atoms with Gasteiger partial charge < -0.3 is 4.72 Å². The first-order valence-corrected chi connectivity index (χ1v) is 4.14. The quantitative estimate of drug-likeness (QED) is 0.483. The van der Waals surface area contributed by atoms with Gasteiger partial charge in [-0.05, 0) is 6.42 Å². The maximum atomic E-state index is 10.3. The summed E-state index contributed by atoms with van der Waals surface area (Å²) < 4.78 is 2.66. The molecule has 0 heterocycles. The van der Waals surface area contributed by atoms with E-state index in [-0.39, 0.29) is 5.91 Å². The molecule has 0 aliphatic heterocycles. The SMILES string of the molecule is CCCCSNC(C)=O. The lowest BCUT2D eigenvalue weighted by Crippen LogP contribution is -2.10. The van der Waals surface area contributed by atoms with E-state index in [4.69, 9.17) is 0 Å². The minimum Gasteiger partial charge on any atom is -0.300 e. The molecule has 0 aromatic rings. The molecule has 0 rings (SSSR count). The van der Waals surface area contributed by atoms with Crippen LogP contribution in [0.2, 0.25) is 0 Å². The Morgan fingerprint density at radius 2 is 2.33 bits per heavy atom. The van der Waals surface area contributed by atoms with Gasteiger partial charge in [-0.25, -0.2) is 0 Å². The Hall–Kier alpha value is -0.180. The molecule has 0 aliphatic carbocycles. The van der Waals surface area contributed by atoms with Crippen molar-refractivity contribution in [1.82, 2.24) is 4.72 Å². The molecule has 0 saturated carbocycles. The van der Waals surface area contributed by atoms with Crippen molar-refractivity contribution in [2.45, 2.75) is 26.7 Å². The summed E-state index contributed by atoms with van der Waals surface area (Å²) in [4.78, 5) is 10.3. The van der Waals surface area contributed by atoms with Gasteiger partial charge in [0.25, 0.3) is 0 Å². The third-order valence-electron chi connectivity index (χ3n) is 0.816. The van der Waals surface area contributed by atoms with E-state index in [1.165, 1.54) is 31.7 Å². The lowest BCUT2D eigenvalue weighted by atomic mass is 10.4. The van der Waals surface area contributed by atoms with Crippen LogP contribution in [0.15, 0.2) is 0 Å². The van der Waals surface area contributed by atoms with E-state index in [1.807, 2.05) is 0 Å². The fourth-order valence-corrected chi connectivity index (χ4v) is 1.11. The number of unbranched alkanes of at least 4 members (excludes halogenated alkanes) is 1. The minimum atomic E-state index is 0.0381. The summed E-state index contributed by atoms with van der Waals surface area (Å²) >= 11 is 1.49. The third kappa shape index (κ3) is 7.82. The van der Waals surface area contributed by atoms with Crippen LogP contribution in [-0.4, -0.2) is 11.7 Å². The Balaban J connectivity index is 2.83. The Morgan fingerprint density at radius 3 is 2.78 bits per heavy atom. The van der Waals surface area contributed by atoms with E-state index >= 15 is 0 Å². The summed E-state index contributed by atoms with van der Waals surface area (Å²) in [5.41, 5.74) is 0. The topological polar surface area (TPSA) is 29.1 Å². The molecule has 0 aromatic carbocycles. The van der Waals surface area contributed by atoms with Crippen molar-refractivity contribution in [1.29, 1.82) is 0 Å². The highest BCUT2D eigenvalue weighted by Crippen LogP contribution is 1.97. The molecule has 0 radical (unpaired) electrons. The molecule has 0 aliphatic rings. The average molecular weight is 147 g/mol. The predicted molar refractivity (Wildman–Crippen MR) is 41.2 cm³/mol. The highest BCUT2D eigenvalue weighted by Gasteiger charge is 1.88. The number of hydrogen-bond donors (Lipinski definition) is 1. The number of hydrogen-bond acceptors (Lipinski definition) is 2. The zero-order valence-electron chi connectivity index (χ0n) is 5.94. The van der Waals surface area contributed by atoms with E-state index < -0.39 is 0 Å². The summed E-state index contributed by atoms with van der Waals surface area (Å²) in [6, 6.07) is 0. The molecule has 0 bridgehead atoms. The smallest absolute Gasteiger partial charge is 0.226 e. The van der Waals surface area contributed by atoms with Crippen molar-refractivity contribution in [3.05, 3.63) is 0 Å². The van der Waals surface area contributed by atoms with E-state index in [9.17, 15) is 4.79 Å². The Morgan fingerprint density at radius 1 is 1.67 bits per heavy atom. The van der Waals surface area contributed by atoms with Gasteiger partial charge >= 0.3 is 0 Å². The number of amides is 1. The van der Waals surface area contributed by atoms with Gasteiger partial charge in [0.1, 0.15) is 0 Å². The molecule has 3 heteroatoms. The second-order valence-electron chi connectivity index (χ2n) is 1.86. The van der Waals surface area contributed by atoms with Crippen LogP contribution in [0.1, 0.15) is 26.7 Å². The van der Waals surface area contributed by atoms with Gasteiger partial charge in [-0.3, -0.25) is 4.79 Å². The summed E-state index contributed by atoms with van der Waals surface area (Å²) in [7, 11) is 0. The first-order valence-electron chi connectivity index (χ1n) is 3.15. The maximum Gasteiger partial charge on any atom is 0.226 e. The second-order valence-corrected chi connectivity index (χ2v) is 2.76. The maximum absolute atomic E-state index is 10.3. The van der Waals surface area contributed by atoms with Crippen LogP contribution in [0, 0.1) is 0 Å². The second kappa shape index (κ2) is 5.95. The highest BCUT2D eigenvalue weighted by atomic mass is 32.2. The van der Waals surface area contributed by atoms with Gasteiger partial charge in [0.2, 0.25) is 5.91 Å². The fourth-order valence-electron chi connectivity index (χ4n) is 0.369. The molecular formula is C6H13NOS. The molecule has 0 saturated heterocycles. The lowest BCUT2D eigenvalue weighted by Gasteiger charge is -1.97. The van der Waals surface area contributed by atoms with E-state index in [0.717, 1.165) is 5.75 Å². The number of carbonyl (C=O) groups excluding carboxylic acids is 1. The predicted octanol–water partition coefficient (Wildman–Crippen LogP) is 1.57. The van der Waals surface area contributed by atoms with E-state index in [0.29, 0.717) is 0 Å². The summed E-state index contributed by atoms with van der Waals surface area (Å²) in [5.74, 6) is 1.06. The van der Waals surface area contributed by atoms with Gasteiger partial charge in [0.05, 0.1) is 0 Å². The molecule has 0 atom stereocenters. The molecule has 0 fully saturated rings. The van der Waals surface area contributed by atoms with Crippen molar-refractivity contribution in [3.63, 3.8) is 0 Å². The Kier molecular flexibility index (Phi) is 5.83. The summed E-state index contributed by atoms with van der Waals surface area (Å²) in [6.45, 7) is 3.66. The monoisotopic (exact) mass is 147 g/mol. The zero-order valence-corrected chi connectivity index (χ0v) is 6.75. The van der Waals surface area contributed by atoms with Crippen LogP contribution in [0.25, 0.3) is 0 Å². The Labute approximate surface area is 60.5 Å². The first kappa shape index (κ1) is 8.82. The van der Waals surface area contributed by atoms with Crippen LogP contribution >= 0.6 is 11.9 Å². The largest absolute Gasteiger partial charge is 0.300 e. The molecule has 0 unspecified atom stereocenters. The van der Waals surface area contributed by atoms with Gasteiger partial charge in [-0.1, -0.05) is 25.3 Å². The minimum absolute atomic E-state index is 0.0381. The highest BCUT2D eigenvalue weighted by molar-refractivity contribution is 7.97. The molecule has 2 nitrogen and oxygen atoms in total. The van der Waals surface area contributed by atoms with Crippen LogP contribution in [0.5, 0.6) is 0 Å². The summed E-state index contributed by atoms with van der Waals surface area (Å²) in [5, 5.41) is 0. The first-order chi connectivity index (χ1) is 4.27. The van der Waals surface area contributed by atoms with Crippen molar-refractivity contribution in [3.8, 4) is 0 Å². The zero-order chi connectivity index (χ0) is 7.11. The van der Waals surface area contributed by atoms with Crippen molar-refractivity contribution in [2.75, 3.05) is 5.75 Å². The molecule has 0 spiro atoms. The third-order valence-corrected chi connectivity index (χ3v) is 1.74. The fraction of sp³-hybridized carbons (Fsp3) is 0.833. The number of nitrogens with one attached hydrogen (secondary N) is 1. The lowest BCUT2D eigenvalue weighted by molar-refractivity contribution is -0.117. The standard InChI is InChI=1S/C6H13NOS/c1-3-4-5-9-7-6(2)8/h3-5H2,1-2H3,(H,7,8). The van der Waals surface area contributed by atoms with Gasteiger partial charge in [0, 0.05) is 12.7 Å². The van der Waals surface area contributed by atoms with Gasteiger partial charge in [-0.15, -0.1) is 0 Å². The number of carbonyl (C=O) groups is 1. The molecule has 1 amide bonds. The van der Waals surface area contributed by atoms with E-state index in [1.54, 1.807) is 0 Å². The molecule has 0 aromatic heterocycles. The van der Waals surface area contributed by atoms with Crippen LogP contribution in [0.4, 0.5) is 0 Å². The van der Waals surface area contributed by atoms with Gasteiger partial charge in [-0.2, -0.15) is 0 Å². The molecule has 1 N–H and O–H groups in total. The normalized spacial score (nSPS) is 9.11. The van der Waals surface area contributed by atoms with Crippen LogP contribution in [0.3, 0.4) is 0 Å². The van der Waals surface area contributed by atoms with Crippen LogP contribution < -0.4 is 4.72 Å². The van der Waals surface area contributed by atoms with Crippen molar-refractivity contribution >= 4 is 17.9 Å². The van der Waals surface area contributed by atoms with Crippen molar-refractivity contribution < 1.29 is 4.79 Å².